The van der Waals surface area contributed by atoms with Gasteiger partial charge < -0.3 is 18.9 Å². The van der Waals surface area contributed by atoms with Crippen LogP contribution >= 0.6 is 11.6 Å². The van der Waals surface area contributed by atoms with Crippen molar-refractivity contribution in [1.82, 2.24) is 0 Å². The molecule has 0 unspecified atom stereocenters. The molecule has 0 aliphatic carbocycles. The minimum atomic E-state index is -1.47. The first-order valence-corrected chi connectivity index (χ1v) is 8.75. The number of methoxy groups -OCH3 is 2. The van der Waals surface area contributed by atoms with Crippen molar-refractivity contribution in [3.8, 4) is 23.0 Å². The minimum absolute atomic E-state index is 0.206. The quantitative estimate of drug-likeness (QED) is 0.600. The summed E-state index contributed by atoms with van der Waals surface area (Å²) in [7, 11) is 3.10. The Hall–Kier alpha value is -2.92. The molecule has 6 heteroatoms. The summed E-state index contributed by atoms with van der Waals surface area (Å²) < 4.78 is 23.4. The Morgan fingerprint density at radius 1 is 1.00 bits per heavy atom. The molecule has 0 aromatic heterocycles. The number of benzene rings is 3. The van der Waals surface area contributed by atoms with Crippen molar-refractivity contribution in [3.05, 3.63) is 60.2 Å². The molecule has 138 valence electrons. The first kappa shape index (κ1) is 17.5. The summed E-state index contributed by atoms with van der Waals surface area (Å²) >= 11 is 5.78. The van der Waals surface area contributed by atoms with Gasteiger partial charge in [0.2, 0.25) is 5.24 Å². The molecule has 0 fully saturated rings. The van der Waals surface area contributed by atoms with Crippen LogP contribution in [0.3, 0.4) is 0 Å². The Morgan fingerprint density at radius 2 is 1.67 bits per heavy atom. The van der Waals surface area contributed by atoms with Gasteiger partial charge in [-0.1, -0.05) is 24.3 Å². The number of carbonyl (C=O) groups excluding carboxylic acids is 1. The van der Waals surface area contributed by atoms with E-state index in [-0.39, 0.29) is 6.42 Å². The maximum atomic E-state index is 11.9. The van der Waals surface area contributed by atoms with E-state index >= 15 is 0 Å². The largest absolute Gasteiger partial charge is 0.497 e. The lowest BCUT2D eigenvalue weighted by Gasteiger charge is -2.38. The van der Waals surface area contributed by atoms with Gasteiger partial charge >= 0.3 is 0 Å². The molecule has 0 spiro atoms. The van der Waals surface area contributed by atoms with Crippen molar-refractivity contribution in [3.63, 3.8) is 0 Å². The zero-order valence-electron chi connectivity index (χ0n) is 14.8. The third-order valence-electron chi connectivity index (χ3n) is 4.57. The highest BCUT2D eigenvalue weighted by Gasteiger charge is 2.45. The molecule has 0 radical (unpaired) electrons. The third-order valence-corrected chi connectivity index (χ3v) is 4.70. The van der Waals surface area contributed by atoms with Gasteiger partial charge in [-0.3, -0.25) is 4.79 Å². The van der Waals surface area contributed by atoms with Gasteiger partial charge in [-0.15, -0.1) is 0 Å². The highest BCUT2D eigenvalue weighted by atomic mass is 35.5. The van der Waals surface area contributed by atoms with Crippen LogP contribution in [0.4, 0.5) is 0 Å². The first-order chi connectivity index (χ1) is 13.1. The van der Waals surface area contributed by atoms with Crippen molar-refractivity contribution < 1.29 is 23.7 Å². The molecular weight excluding hydrogens is 368 g/mol. The second kappa shape index (κ2) is 6.67. The van der Waals surface area contributed by atoms with Crippen LogP contribution in [-0.4, -0.2) is 19.5 Å². The van der Waals surface area contributed by atoms with Gasteiger partial charge in [-0.05, 0) is 47.3 Å². The van der Waals surface area contributed by atoms with E-state index in [1.807, 2.05) is 36.4 Å². The highest BCUT2D eigenvalue weighted by Crippen LogP contribution is 2.48. The van der Waals surface area contributed by atoms with Gasteiger partial charge in [0.15, 0.2) is 0 Å². The zero-order chi connectivity index (χ0) is 19.0. The van der Waals surface area contributed by atoms with Crippen molar-refractivity contribution in [2.45, 2.75) is 12.2 Å². The lowest BCUT2D eigenvalue weighted by molar-refractivity contribution is -0.146. The normalized spacial score (nSPS) is 14.2. The molecule has 1 aliphatic rings. The number of rotatable bonds is 5. The maximum Gasteiger partial charge on any atom is 0.289 e. The summed E-state index contributed by atoms with van der Waals surface area (Å²) in [5.41, 5.74) is 0.518. The van der Waals surface area contributed by atoms with Gasteiger partial charge in [-0.25, -0.2) is 0 Å². The van der Waals surface area contributed by atoms with Crippen molar-refractivity contribution in [2.75, 3.05) is 14.2 Å². The van der Waals surface area contributed by atoms with Crippen molar-refractivity contribution in [2.24, 2.45) is 0 Å². The summed E-state index contributed by atoms with van der Waals surface area (Å²) in [6.45, 7) is 0. The van der Waals surface area contributed by atoms with Crippen LogP contribution in [0.15, 0.2) is 54.6 Å². The fraction of sp³-hybridized carbons (Fsp3) is 0.190. The molecule has 3 aromatic carbocycles. The van der Waals surface area contributed by atoms with E-state index in [0.29, 0.717) is 28.6 Å². The molecule has 0 saturated heterocycles. The van der Waals surface area contributed by atoms with E-state index in [1.54, 1.807) is 32.4 Å². The van der Waals surface area contributed by atoms with Crippen LogP contribution in [0, 0.1) is 0 Å². The third kappa shape index (κ3) is 2.94. The molecular formula is C21H17ClO5. The number of ether oxygens (including phenoxy) is 4. The van der Waals surface area contributed by atoms with Gasteiger partial charge in [-0.2, -0.15) is 0 Å². The Balaban J connectivity index is 1.95. The average molecular weight is 385 g/mol. The number of hydrogen-bond donors (Lipinski definition) is 0. The summed E-state index contributed by atoms with van der Waals surface area (Å²) in [4.78, 5) is 11.9. The molecule has 4 rings (SSSR count). The van der Waals surface area contributed by atoms with Gasteiger partial charge in [0.05, 0.1) is 25.2 Å². The lowest BCUT2D eigenvalue weighted by atomic mass is 9.98. The first-order valence-electron chi connectivity index (χ1n) is 8.37. The van der Waals surface area contributed by atoms with Crippen LogP contribution < -0.4 is 18.9 Å². The second-order valence-corrected chi connectivity index (χ2v) is 6.59. The maximum absolute atomic E-state index is 11.9. The summed E-state index contributed by atoms with van der Waals surface area (Å²) in [6, 6.07) is 16.6. The number of halogens is 1. The molecule has 1 aliphatic heterocycles. The molecule has 27 heavy (non-hydrogen) atoms. The SMILES string of the molecule is COc1ccc(OC)c(C2(CC(=O)Cl)Oc3cccc4cccc(c34)O2)c1. The van der Waals surface area contributed by atoms with Crippen molar-refractivity contribution >= 4 is 27.6 Å². The Morgan fingerprint density at radius 3 is 2.22 bits per heavy atom. The zero-order valence-corrected chi connectivity index (χ0v) is 15.6. The molecule has 0 N–H and O–H groups in total. The second-order valence-electron chi connectivity index (χ2n) is 6.17. The summed E-state index contributed by atoms with van der Waals surface area (Å²) in [6.07, 6.45) is -0.206. The van der Waals surface area contributed by atoms with E-state index in [9.17, 15) is 4.79 Å². The van der Waals surface area contributed by atoms with Crippen LogP contribution in [0.5, 0.6) is 23.0 Å². The minimum Gasteiger partial charge on any atom is -0.497 e. The lowest BCUT2D eigenvalue weighted by Crippen LogP contribution is -2.43. The standard InChI is InChI=1S/C21H17ClO5/c1-24-14-9-10-16(25-2)15(11-14)21(12-19(22)23)26-17-7-3-5-13-6-4-8-18(27-21)20(13)17/h3-11H,12H2,1-2H3. The fourth-order valence-corrected chi connectivity index (χ4v) is 3.57. The monoisotopic (exact) mass is 384 g/mol. The van der Waals surface area contributed by atoms with E-state index in [2.05, 4.69) is 0 Å². The van der Waals surface area contributed by atoms with Crippen molar-refractivity contribution in [1.29, 1.82) is 0 Å². The predicted molar refractivity (Wildman–Crippen MR) is 102 cm³/mol. The molecule has 0 bridgehead atoms. The molecule has 0 atom stereocenters. The van der Waals surface area contributed by atoms with Crippen LogP contribution in [-0.2, 0) is 10.6 Å². The smallest absolute Gasteiger partial charge is 0.289 e. The highest BCUT2D eigenvalue weighted by molar-refractivity contribution is 6.63. The average Bonchev–Trinajstić information content (AvgIpc) is 2.67. The fourth-order valence-electron chi connectivity index (χ4n) is 3.39. The molecule has 1 heterocycles. The van der Waals surface area contributed by atoms with Crippen LogP contribution in [0.1, 0.15) is 12.0 Å². The summed E-state index contributed by atoms with van der Waals surface area (Å²) in [5, 5.41) is 1.24. The Labute approximate surface area is 161 Å². The van der Waals surface area contributed by atoms with E-state index in [0.717, 1.165) is 10.8 Å². The van der Waals surface area contributed by atoms with Gasteiger partial charge in [0.1, 0.15) is 29.4 Å². The van der Waals surface area contributed by atoms with Crippen LogP contribution in [0.25, 0.3) is 10.8 Å². The van der Waals surface area contributed by atoms with E-state index in [1.165, 1.54) is 0 Å². The van der Waals surface area contributed by atoms with E-state index < -0.39 is 11.0 Å². The van der Waals surface area contributed by atoms with Gasteiger partial charge in [0, 0.05) is 0 Å². The topological polar surface area (TPSA) is 54.0 Å². The molecule has 0 saturated carbocycles. The van der Waals surface area contributed by atoms with E-state index in [4.69, 9.17) is 30.5 Å². The number of hydrogen-bond acceptors (Lipinski definition) is 5. The van der Waals surface area contributed by atoms with Gasteiger partial charge in [0.25, 0.3) is 5.79 Å². The Bertz CT molecular complexity index is 990. The molecule has 3 aromatic rings. The van der Waals surface area contributed by atoms with Crippen LogP contribution in [0.2, 0.25) is 0 Å². The molecule has 5 nitrogen and oxygen atoms in total. The summed E-state index contributed by atoms with van der Waals surface area (Å²) in [5.74, 6) is 0.826. The molecule has 0 amide bonds. The number of carbonyl (C=O) groups is 1. The Kier molecular flexibility index (Phi) is 4.32. The predicted octanol–water partition coefficient (Wildman–Crippen LogP) is 4.64.